The van der Waals surface area contributed by atoms with E-state index in [0.29, 0.717) is 31.9 Å². The number of hydrogen-bond acceptors (Lipinski definition) is 5. The van der Waals surface area contributed by atoms with Crippen molar-refractivity contribution in [3.63, 3.8) is 0 Å². The smallest absolute Gasteiger partial charge is 0.409 e. The summed E-state index contributed by atoms with van der Waals surface area (Å²) in [5.74, 6) is 0.832. The van der Waals surface area contributed by atoms with Gasteiger partial charge in [0.1, 0.15) is 11.9 Å². The number of carbonyl (C=O) groups excluding carboxylic acids is 2. The van der Waals surface area contributed by atoms with Crippen LogP contribution in [0.4, 0.5) is 10.5 Å². The Kier molecular flexibility index (Phi) is 5.38. The van der Waals surface area contributed by atoms with Gasteiger partial charge in [0.25, 0.3) is 0 Å². The predicted molar refractivity (Wildman–Crippen MR) is 109 cm³/mol. The lowest BCUT2D eigenvalue weighted by molar-refractivity contribution is -0.118. The van der Waals surface area contributed by atoms with E-state index < -0.39 is 0 Å². The molecule has 0 bridgehead atoms. The van der Waals surface area contributed by atoms with Crippen LogP contribution in [0.15, 0.2) is 36.7 Å². The molecule has 0 radical (unpaired) electrons. The summed E-state index contributed by atoms with van der Waals surface area (Å²) in [5, 5.41) is 0. The number of aromatic nitrogens is 1. The van der Waals surface area contributed by atoms with Gasteiger partial charge in [0.15, 0.2) is 0 Å². The number of fused-ring (bicyclic) bond motifs is 1. The third kappa shape index (κ3) is 4.04. The quantitative estimate of drug-likeness (QED) is 0.795. The third-order valence-electron chi connectivity index (χ3n) is 5.44. The number of carbonyl (C=O) groups is 2. The summed E-state index contributed by atoms with van der Waals surface area (Å²) in [6.07, 6.45) is 5.20. The van der Waals surface area contributed by atoms with Crippen molar-refractivity contribution in [3.8, 4) is 16.9 Å². The first-order valence-electron chi connectivity index (χ1n) is 9.98. The summed E-state index contributed by atoms with van der Waals surface area (Å²) in [5.41, 5.74) is 4.14. The molecule has 29 heavy (non-hydrogen) atoms. The maximum absolute atomic E-state index is 11.9. The summed E-state index contributed by atoms with van der Waals surface area (Å²) in [7, 11) is 1.82. The molecule has 0 N–H and O–H groups in total. The van der Waals surface area contributed by atoms with E-state index in [1.54, 1.807) is 22.9 Å². The Morgan fingerprint density at radius 3 is 2.90 bits per heavy atom. The highest BCUT2D eigenvalue weighted by atomic mass is 16.6. The second-order valence-electron chi connectivity index (χ2n) is 7.38. The van der Waals surface area contributed by atoms with Crippen molar-refractivity contribution < 1.29 is 19.1 Å². The highest BCUT2D eigenvalue weighted by Gasteiger charge is 2.28. The molecule has 0 unspecified atom stereocenters. The van der Waals surface area contributed by atoms with Crippen LogP contribution in [0.25, 0.3) is 11.1 Å². The molecular weight excluding hydrogens is 370 g/mol. The van der Waals surface area contributed by atoms with Gasteiger partial charge in [-0.1, -0.05) is 6.07 Å². The topological polar surface area (TPSA) is 72.0 Å². The van der Waals surface area contributed by atoms with Gasteiger partial charge in [0.2, 0.25) is 5.91 Å². The van der Waals surface area contributed by atoms with Crippen LogP contribution in [0.3, 0.4) is 0 Å². The van der Waals surface area contributed by atoms with Crippen molar-refractivity contribution in [1.82, 2.24) is 9.88 Å². The van der Waals surface area contributed by atoms with Crippen LogP contribution in [0, 0.1) is 0 Å². The van der Waals surface area contributed by atoms with Crippen LogP contribution in [0.5, 0.6) is 5.75 Å². The van der Waals surface area contributed by atoms with E-state index >= 15 is 0 Å². The third-order valence-corrected chi connectivity index (χ3v) is 5.44. The summed E-state index contributed by atoms with van der Waals surface area (Å²) >= 11 is 0. The number of benzene rings is 1. The number of amides is 2. The molecule has 2 aliphatic rings. The molecular formula is C22H25N3O4. The number of rotatable bonds is 4. The zero-order chi connectivity index (χ0) is 20.4. The molecule has 1 saturated heterocycles. The van der Waals surface area contributed by atoms with E-state index in [9.17, 15) is 9.59 Å². The first-order chi connectivity index (χ1) is 14.0. The van der Waals surface area contributed by atoms with Crippen molar-refractivity contribution in [1.29, 1.82) is 0 Å². The minimum absolute atomic E-state index is 0.0698. The SMILES string of the molecule is CCOC(=O)N1CC[C@H](Oc2cncc(-c3ccc4c(c3)CCC(=O)N4C)c2)C1. The molecule has 0 saturated carbocycles. The molecule has 152 valence electrons. The van der Waals surface area contributed by atoms with Gasteiger partial charge in [-0.2, -0.15) is 0 Å². The Hall–Kier alpha value is -3.09. The summed E-state index contributed by atoms with van der Waals surface area (Å²) in [4.78, 5) is 31.5. The highest BCUT2D eigenvalue weighted by molar-refractivity contribution is 5.96. The van der Waals surface area contributed by atoms with E-state index in [2.05, 4.69) is 11.1 Å². The second kappa shape index (κ2) is 8.11. The van der Waals surface area contributed by atoms with Crippen LogP contribution in [-0.4, -0.2) is 54.7 Å². The van der Waals surface area contributed by atoms with Crippen molar-refractivity contribution in [3.05, 3.63) is 42.2 Å². The van der Waals surface area contributed by atoms with Gasteiger partial charge in [0, 0.05) is 43.9 Å². The van der Waals surface area contributed by atoms with Crippen LogP contribution in [0.2, 0.25) is 0 Å². The Bertz CT molecular complexity index is 930. The number of pyridine rings is 1. The Morgan fingerprint density at radius 2 is 2.07 bits per heavy atom. The fraction of sp³-hybridized carbons (Fsp3) is 0.409. The Balaban J connectivity index is 1.47. The van der Waals surface area contributed by atoms with Gasteiger partial charge in [-0.15, -0.1) is 0 Å². The lowest BCUT2D eigenvalue weighted by Crippen LogP contribution is -2.31. The Morgan fingerprint density at radius 1 is 1.21 bits per heavy atom. The predicted octanol–water partition coefficient (Wildman–Crippen LogP) is 3.27. The summed E-state index contributed by atoms with van der Waals surface area (Å²) < 4.78 is 11.1. The molecule has 7 nitrogen and oxygen atoms in total. The normalized spacial score (nSPS) is 18.6. The summed E-state index contributed by atoms with van der Waals surface area (Å²) in [6, 6.07) is 8.09. The van der Waals surface area contributed by atoms with Crippen LogP contribution < -0.4 is 9.64 Å². The zero-order valence-electron chi connectivity index (χ0n) is 16.8. The fourth-order valence-corrected chi connectivity index (χ4v) is 3.87. The Labute approximate surface area is 170 Å². The molecule has 3 heterocycles. The minimum atomic E-state index is -0.289. The average molecular weight is 395 g/mol. The van der Waals surface area contributed by atoms with E-state index in [1.807, 2.05) is 31.4 Å². The number of likely N-dealkylation sites (tertiary alicyclic amines) is 1. The fourth-order valence-electron chi connectivity index (χ4n) is 3.87. The second-order valence-corrected chi connectivity index (χ2v) is 7.38. The largest absolute Gasteiger partial charge is 0.487 e. The molecule has 1 atom stereocenters. The van der Waals surface area contributed by atoms with Gasteiger partial charge in [-0.3, -0.25) is 9.78 Å². The average Bonchev–Trinajstić information content (AvgIpc) is 3.19. The minimum Gasteiger partial charge on any atom is -0.487 e. The van der Waals surface area contributed by atoms with Crippen molar-refractivity contribution in [2.45, 2.75) is 32.3 Å². The van der Waals surface area contributed by atoms with Crippen molar-refractivity contribution in [2.75, 3.05) is 31.6 Å². The van der Waals surface area contributed by atoms with Gasteiger partial charge >= 0.3 is 6.09 Å². The standard InChI is InChI=1S/C22H25N3O4/c1-3-28-22(27)25-9-8-18(14-25)29-19-11-17(12-23-13-19)15-4-6-20-16(10-15)5-7-21(26)24(20)2/h4,6,10-13,18H,3,5,7-9,14H2,1-2H3/t18-/m0/s1. The van der Waals surface area contributed by atoms with E-state index in [-0.39, 0.29) is 18.1 Å². The molecule has 1 aromatic carbocycles. The van der Waals surface area contributed by atoms with Crippen molar-refractivity contribution >= 4 is 17.7 Å². The van der Waals surface area contributed by atoms with Crippen LogP contribution in [0.1, 0.15) is 25.3 Å². The maximum Gasteiger partial charge on any atom is 0.409 e. The molecule has 0 spiro atoms. The molecule has 0 aliphatic carbocycles. The highest BCUT2D eigenvalue weighted by Crippen LogP contribution is 2.32. The summed E-state index contributed by atoms with van der Waals surface area (Å²) in [6.45, 7) is 3.32. The number of anilines is 1. The van der Waals surface area contributed by atoms with E-state index in [0.717, 1.165) is 35.2 Å². The first-order valence-corrected chi connectivity index (χ1v) is 9.98. The number of ether oxygens (including phenoxy) is 2. The van der Waals surface area contributed by atoms with Crippen LogP contribution in [-0.2, 0) is 16.0 Å². The van der Waals surface area contributed by atoms with Gasteiger partial charge in [-0.05, 0) is 42.7 Å². The molecule has 4 rings (SSSR count). The van der Waals surface area contributed by atoms with Gasteiger partial charge < -0.3 is 19.3 Å². The zero-order valence-corrected chi connectivity index (χ0v) is 16.8. The lowest BCUT2D eigenvalue weighted by Gasteiger charge is -2.26. The first kappa shape index (κ1) is 19.2. The van der Waals surface area contributed by atoms with Gasteiger partial charge in [0.05, 0.1) is 19.3 Å². The molecule has 1 fully saturated rings. The molecule has 2 amide bonds. The van der Waals surface area contributed by atoms with E-state index in [4.69, 9.17) is 9.47 Å². The van der Waals surface area contributed by atoms with Crippen LogP contribution >= 0.6 is 0 Å². The monoisotopic (exact) mass is 395 g/mol. The maximum atomic E-state index is 11.9. The molecule has 7 heteroatoms. The number of nitrogens with zero attached hydrogens (tertiary/aromatic N) is 3. The van der Waals surface area contributed by atoms with Gasteiger partial charge in [-0.25, -0.2) is 4.79 Å². The number of aryl methyl sites for hydroxylation is 1. The van der Waals surface area contributed by atoms with E-state index in [1.165, 1.54) is 0 Å². The van der Waals surface area contributed by atoms with Crippen molar-refractivity contribution in [2.24, 2.45) is 0 Å². The number of hydrogen-bond donors (Lipinski definition) is 0. The lowest BCUT2D eigenvalue weighted by atomic mass is 9.97. The molecule has 2 aromatic rings. The molecule has 1 aromatic heterocycles. The molecule has 2 aliphatic heterocycles.